The van der Waals surface area contributed by atoms with Gasteiger partial charge < -0.3 is 10.6 Å². The van der Waals surface area contributed by atoms with Crippen molar-refractivity contribution in [1.82, 2.24) is 10.6 Å². The van der Waals surface area contributed by atoms with Crippen LogP contribution in [0.3, 0.4) is 0 Å². The van der Waals surface area contributed by atoms with Gasteiger partial charge in [0.15, 0.2) is 0 Å². The van der Waals surface area contributed by atoms with Gasteiger partial charge in [0, 0.05) is 0 Å². The smallest absolute Gasteiger partial charge is 0.0597 e. The Kier molecular flexibility index (Phi) is 7.51. The minimum Gasteiger partial charge on any atom is -0.302 e. The average molecular weight is 172 g/mol. The van der Waals surface area contributed by atoms with Crippen LogP contribution in [0.4, 0.5) is 0 Å². The van der Waals surface area contributed by atoms with Gasteiger partial charge in [0.2, 0.25) is 0 Å². The van der Waals surface area contributed by atoms with Crippen molar-refractivity contribution in [2.24, 2.45) is 5.92 Å². The monoisotopic (exact) mass is 172 g/mol. The molecule has 2 nitrogen and oxygen atoms in total. The van der Waals surface area contributed by atoms with Crippen LogP contribution in [-0.2, 0) is 0 Å². The van der Waals surface area contributed by atoms with E-state index in [0.29, 0.717) is 6.17 Å². The molecule has 0 amide bonds. The molecule has 0 aliphatic heterocycles. The van der Waals surface area contributed by atoms with Crippen molar-refractivity contribution in [3.63, 3.8) is 0 Å². The van der Waals surface area contributed by atoms with Crippen LogP contribution in [-0.4, -0.2) is 19.3 Å². The third-order valence-corrected chi connectivity index (χ3v) is 2.25. The Balaban J connectivity index is 3.68. The fraction of sp³-hybridized carbons (Fsp3) is 1.00. The average Bonchev–Trinajstić information content (AvgIpc) is 2.11. The van der Waals surface area contributed by atoms with E-state index >= 15 is 0 Å². The van der Waals surface area contributed by atoms with Gasteiger partial charge in [-0.05, 0) is 25.4 Å². The van der Waals surface area contributed by atoms with E-state index < -0.39 is 0 Å². The van der Waals surface area contributed by atoms with Crippen LogP contribution in [0.15, 0.2) is 0 Å². The van der Waals surface area contributed by atoms with E-state index in [9.17, 15) is 0 Å². The zero-order valence-corrected chi connectivity index (χ0v) is 8.98. The third-order valence-electron chi connectivity index (χ3n) is 2.25. The van der Waals surface area contributed by atoms with Crippen LogP contribution in [0, 0.1) is 5.92 Å². The van der Waals surface area contributed by atoms with E-state index in [2.05, 4.69) is 38.3 Å². The molecule has 2 heteroatoms. The van der Waals surface area contributed by atoms with Crippen LogP contribution in [0.5, 0.6) is 0 Å². The summed E-state index contributed by atoms with van der Waals surface area (Å²) in [5.74, 6) is 0.719. The Hall–Kier alpha value is -0.0800. The number of hydrogen-bond acceptors (Lipinski definition) is 2. The first-order valence-corrected chi connectivity index (χ1v) is 5.22. The number of rotatable bonds is 7. The molecule has 0 aromatic heterocycles. The highest BCUT2D eigenvalue weighted by molar-refractivity contribution is 4.68. The fourth-order valence-corrected chi connectivity index (χ4v) is 1.23. The molecular formula is C10H24N2. The predicted octanol–water partition coefficient (Wildman–Crippen LogP) is 1.97. The summed E-state index contributed by atoms with van der Waals surface area (Å²) in [6.45, 7) is 11.0. The summed E-state index contributed by atoms with van der Waals surface area (Å²) in [6.07, 6.45) is 2.94. The van der Waals surface area contributed by atoms with E-state index in [1.165, 1.54) is 12.8 Å². The molecule has 0 fully saturated rings. The van der Waals surface area contributed by atoms with E-state index in [0.717, 1.165) is 19.0 Å². The highest BCUT2D eigenvalue weighted by Crippen LogP contribution is 2.04. The SMILES string of the molecule is CCCNC(NCC)C(C)CC. The summed E-state index contributed by atoms with van der Waals surface area (Å²) in [6, 6.07) is 0. The lowest BCUT2D eigenvalue weighted by atomic mass is 10.1. The first kappa shape index (κ1) is 11.9. The molecule has 74 valence electrons. The van der Waals surface area contributed by atoms with Crippen LogP contribution in [0.25, 0.3) is 0 Å². The second-order valence-corrected chi connectivity index (χ2v) is 3.38. The quantitative estimate of drug-likeness (QED) is 0.574. The third kappa shape index (κ3) is 4.73. The maximum atomic E-state index is 3.51. The van der Waals surface area contributed by atoms with Crippen LogP contribution in [0.2, 0.25) is 0 Å². The lowest BCUT2D eigenvalue weighted by molar-refractivity contribution is 0.315. The predicted molar refractivity (Wildman–Crippen MR) is 55.2 cm³/mol. The molecule has 0 aromatic carbocycles. The highest BCUT2D eigenvalue weighted by atomic mass is 15.1. The van der Waals surface area contributed by atoms with E-state index in [1.54, 1.807) is 0 Å². The number of hydrogen-bond donors (Lipinski definition) is 2. The Morgan fingerprint density at radius 2 is 1.75 bits per heavy atom. The maximum Gasteiger partial charge on any atom is 0.0597 e. The second kappa shape index (κ2) is 7.56. The van der Waals surface area contributed by atoms with Crippen molar-refractivity contribution in [3.05, 3.63) is 0 Å². The van der Waals surface area contributed by atoms with Crippen molar-refractivity contribution in [1.29, 1.82) is 0 Å². The zero-order chi connectivity index (χ0) is 9.40. The Bertz CT molecular complexity index is 93.8. The van der Waals surface area contributed by atoms with Gasteiger partial charge in [-0.1, -0.05) is 34.1 Å². The van der Waals surface area contributed by atoms with E-state index in [1.807, 2.05) is 0 Å². The molecule has 0 aliphatic carbocycles. The fourth-order valence-electron chi connectivity index (χ4n) is 1.23. The summed E-state index contributed by atoms with van der Waals surface area (Å²) in [5.41, 5.74) is 0. The second-order valence-electron chi connectivity index (χ2n) is 3.38. The Morgan fingerprint density at radius 3 is 2.17 bits per heavy atom. The minimum atomic E-state index is 0.500. The number of nitrogens with one attached hydrogen (secondary N) is 2. The summed E-state index contributed by atoms with van der Waals surface area (Å²) in [4.78, 5) is 0. The molecule has 0 aliphatic rings. The molecular weight excluding hydrogens is 148 g/mol. The first-order valence-electron chi connectivity index (χ1n) is 5.22. The molecule has 0 saturated heterocycles. The molecule has 12 heavy (non-hydrogen) atoms. The zero-order valence-electron chi connectivity index (χ0n) is 8.98. The van der Waals surface area contributed by atoms with Crippen LogP contribution >= 0.6 is 0 Å². The molecule has 0 aromatic rings. The minimum absolute atomic E-state index is 0.500. The van der Waals surface area contributed by atoms with Gasteiger partial charge in [0.05, 0.1) is 6.17 Å². The van der Waals surface area contributed by atoms with Gasteiger partial charge in [-0.15, -0.1) is 0 Å². The van der Waals surface area contributed by atoms with Crippen molar-refractivity contribution >= 4 is 0 Å². The molecule has 0 bridgehead atoms. The van der Waals surface area contributed by atoms with E-state index in [-0.39, 0.29) is 0 Å². The molecule has 0 heterocycles. The van der Waals surface area contributed by atoms with Crippen molar-refractivity contribution in [2.45, 2.75) is 46.7 Å². The summed E-state index contributed by atoms with van der Waals surface area (Å²) >= 11 is 0. The molecule has 2 unspecified atom stereocenters. The van der Waals surface area contributed by atoms with Gasteiger partial charge in [0.25, 0.3) is 0 Å². The lowest BCUT2D eigenvalue weighted by Gasteiger charge is -2.24. The Labute approximate surface area is 77.1 Å². The van der Waals surface area contributed by atoms with Crippen LogP contribution in [0.1, 0.15) is 40.5 Å². The van der Waals surface area contributed by atoms with Gasteiger partial charge in [-0.25, -0.2) is 0 Å². The molecule has 0 spiro atoms. The normalized spacial score (nSPS) is 16.0. The first-order chi connectivity index (χ1) is 5.76. The molecule has 2 N–H and O–H groups in total. The van der Waals surface area contributed by atoms with Gasteiger partial charge in [-0.3, -0.25) is 0 Å². The van der Waals surface area contributed by atoms with Crippen LogP contribution < -0.4 is 10.6 Å². The molecule has 0 rings (SSSR count). The summed E-state index contributed by atoms with van der Waals surface area (Å²) in [5, 5.41) is 6.97. The Morgan fingerprint density at radius 1 is 1.08 bits per heavy atom. The largest absolute Gasteiger partial charge is 0.302 e. The molecule has 2 atom stereocenters. The van der Waals surface area contributed by atoms with Gasteiger partial charge in [0.1, 0.15) is 0 Å². The summed E-state index contributed by atoms with van der Waals surface area (Å²) < 4.78 is 0. The highest BCUT2D eigenvalue weighted by Gasteiger charge is 2.12. The van der Waals surface area contributed by atoms with Crippen molar-refractivity contribution in [3.8, 4) is 0 Å². The van der Waals surface area contributed by atoms with Gasteiger partial charge >= 0.3 is 0 Å². The summed E-state index contributed by atoms with van der Waals surface area (Å²) in [7, 11) is 0. The lowest BCUT2D eigenvalue weighted by Crippen LogP contribution is -2.46. The standard InChI is InChI=1S/C10H24N2/c1-5-8-12-10(11-7-3)9(4)6-2/h9-12H,5-8H2,1-4H3. The van der Waals surface area contributed by atoms with Crippen molar-refractivity contribution < 1.29 is 0 Å². The topological polar surface area (TPSA) is 24.1 Å². The molecule has 0 radical (unpaired) electrons. The van der Waals surface area contributed by atoms with Gasteiger partial charge in [-0.2, -0.15) is 0 Å². The molecule has 0 saturated carbocycles. The van der Waals surface area contributed by atoms with E-state index in [4.69, 9.17) is 0 Å². The maximum absolute atomic E-state index is 3.51. The van der Waals surface area contributed by atoms with Crippen molar-refractivity contribution in [2.75, 3.05) is 13.1 Å².